The SMILES string of the molecule is Oc1ccccc1/C=N/NC(=S)/N=C/c1cccs1. The number of benzene rings is 1. The van der Waals surface area contributed by atoms with Crippen molar-refractivity contribution >= 4 is 41.1 Å². The van der Waals surface area contributed by atoms with Crippen molar-refractivity contribution in [3.8, 4) is 5.75 Å². The van der Waals surface area contributed by atoms with Gasteiger partial charge in [0.05, 0.1) is 6.21 Å². The second-order valence-corrected chi connectivity index (χ2v) is 4.87. The summed E-state index contributed by atoms with van der Waals surface area (Å²) in [7, 11) is 0. The molecule has 0 unspecified atom stereocenters. The molecule has 0 radical (unpaired) electrons. The average Bonchev–Trinajstić information content (AvgIpc) is 2.92. The molecule has 0 aliphatic heterocycles. The number of aromatic hydroxyl groups is 1. The second kappa shape index (κ2) is 6.77. The predicted octanol–water partition coefficient (Wildman–Crippen LogP) is 2.78. The first-order valence-electron chi connectivity index (χ1n) is 5.44. The van der Waals surface area contributed by atoms with Crippen LogP contribution >= 0.6 is 23.6 Å². The fourth-order valence-corrected chi connectivity index (χ4v) is 1.96. The quantitative estimate of drug-likeness (QED) is 0.519. The van der Waals surface area contributed by atoms with Crippen LogP contribution in [0.3, 0.4) is 0 Å². The van der Waals surface area contributed by atoms with Crippen LogP contribution in [0.5, 0.6) is 5.75 Å². The van der Waals surface area contributed by atoms with E-state index in [4.69, 9.17) is 12.2 Å². The highest BCUT2D eigenvalue weighted by Gasteiger charge is 1.95. The number of para-hydroxylation sites is 1. The molecule has 0 saturated heterocycles. The van der Waals surface area contributed by atoms with Crippen molar-refractivity contribution in [2.45, 2.75) is 0 Å². The summed E-state index contributed by atoms with van der Waals surface area (Å²) in [5, 5.41) is 15.7. The standard InChI is InChI=1S/C13H11N3OS2/c17-12-6-2-1-4-10(12)8-15-16-13(18)14-9-11-5-3-7-19-11/h1-9,17H,(H,16,18)/b14-9+,15-8+. The Labute approximate surface area is 120 Å². The minimum absolute atomic E-state index is 0.168. The molecule has 2 aromatic rings. The molecule has 4 nitrogen and oxygen atoms in total. The number of aliphatic imine (C=N–C) groups is 1. The Hall–Kier alpha value is -2.05. The Morgan fingerprint density at radius 2 is 2.05 bits per heavy atom. The monoisotopic (exact) mass is 289 g/mol. The van der Waals surface area contributed by atoms with E-state index in [1.54, 1.807) is 35.8 Å². The number of hydrazone groups is 1. The van der Waals surface area contributed by atoms with Crippen LogP contribution in [-0.4, -0.2) is 22.6 Å². The fraction of sp³-hybridized carbons (Fsp3) is 0. The van der Waals surface area contributed by atoms with E-state index in [0.29, 0.717) is 5.56 Å². The number of thiocarbonyl (C=S) groups is 1. The summed E-state index contributed by atoms with van der Waals surface area (Å²) >= 11 is 6.57. The van der Waals surface area contributed by atoms with Gasteiger partial charge in [-0.3, -0.25) is 5.43 Å². The number of hydrogen-bond donors (Lipinski definition) is 2. The van der Waals surface area contributed by atoms with E-state index in [-0.39, 0.29) is 10.9 Å². The highest BCUT2D eigenvalue weighted by Crippen LogP contribution is 2.12. The zero-order valence-corrected chi connectivity index (χ0v) is 11.5. The third-order valence-corrected chi connectivity index (χ3v) is 3.16. The molecule has 0 spiro atoms. The predicted molar refractivity (Wildman–Crippen MR) is 83.3 cm³/mol. The van der Waals surface area contributed by atoms with Gasteiger partial charge in [-0.2, -0.15) is 5.10 Å². The van der Waals surface area contributed by atoms with Gasteiger partial charge in [0.15, 0.2) is 0 Å². The van der Waals surface area contributed by atoms with E-state index in [9.17, 15) is 5.11 Å². The molecule has 0 atom stereocenters. The van der Waals surface area contributed by atoms with E-state index in [2.05, 4.69) is 15.5 Å². The molecule has 2 N–H and O–H groups in total. The molecule has 19 heavy (non-hydrogen) atoms. The van der Waals surface area contributed by atoms with Crippen LogP contribution in [-0.2, 0) is 0 Å². The average molecular weight is 289 g/mol. The molecule has 0 bridgehead atoms. The van der Waals surface area contributed by atoms with Crippen LogP contribution in [0.15, 0.2) is 51.9 Å². The van der Waals surface area contributed by atoms with Crippen molar-refractivity contribution in [1.82, 2.24) is 5.43 Å². The Balaban J connectivity index is 1.89. The lowest BCUT2D eigenvalue weighted by molar-refractivity contribution is 0.474. The molecule has 1 aromatic heterocycles. The minimum Gasteiger partial charge on any atom is -0.507 e. The zero-order chi connectivity index (χ0) is 13.5. The second-order valence-electron chi connectivity index (χ2n) is 3.51. The molecule has 96 valence electrons. The summed E-state index contributed by atoms with van der Waals surface area (Å²) in [6.45, 7) is 0. The first kappa shape index (κ1) is 13.4. The number of hydrogen-bond acceptors (Lipinski definition) is 4. The molecule has 1 heterocycles. The normalized spacial score (nSPS) is 11.2. The maximum absolute atomic E-state index is 9.52. The molecule has 0 saturated carbocycles. The molecule has 0 fully saturated rings. The maximum Gasteiger partial charge on any atom is 0.213 e. The largest absolute Gasteiger partial charge is 0.507 e. The molecule has 6 heteroatoms. The van der Waals surface area contributed by atoms with E-state index in [1.165, 1.54) is 6.21 Å². The summed E-state index contributed by atoms with van der Waals surface area (Å²) < 4.78 is 0. The Morgan fingerprint density at radius 3 is 2.79 bits per heavy atom. The highest BCUT2D eigenvalue weighted by atomic mass is 32.1. The Morgan fingerprint density at radius 1 is 1.21 bits per heavy atom. The van der Waals surface area contributed by atoms with Crippen LogP contribution in [0.25, 0.3) is 0 Å². The summed E-state index contributed by atoms with van der Waals surface area (Å²) in [5.41, 5.74) is 3.23. The Bertz CT molecular complexity index is 606. The van der Waals surface area contributed by atoms with Crippen molar-refractivity contribution in [2.24, 2.45) is 10.1 Å². The van der Waals surface area contributed by atoms with Crippen molar-refractivity contribution in [3.63, 3.8) is 0 Å². The van der Waals surface area contributed by atoms with Crippen molar-refractivity contribution in [2.75, 3.05) is 0 Å². The van der Waals surface area contributed by atoms with Crippen molar-refractivity contribution < 1.29 is 5.11 Å². The first-order valence-corrected chi connectivity index (χ1v) is 6.73. The number of nitrogens with zero attached hydrogens (tertiary/aromatic N) is 2. The van der Waals surface area contributed by atoms with Crippen LogP contribution in [0.4, 0.5) is 0 Å². The van der Waals surface area contributed by atoms with Gasteiger partial charge in [-0.05, 0) is 35.8 Å². The summed E-state index contributed by atoms with van der Waals surface area (Å²) in [5.74, 6) is 0.168. The van der Waals surface area contributed by atoms with E-state index in [1.807, 2.05) is 23.6 Å². The fourth-order valence-electron chi connectivity index (χ4n) is 1.27. The lowest BCUT2D eigenvalue weighted by Crippen LogP contribution is -2.12. The van der Waals surface area contributed by atoms with Crippen LogP contribution in [0, 0.1) is 0 Å². The van der Waals surface area contributed by atoms with Gasteiger partial charge in [-0.25, -0.2) is 4.99 Å². The number of phenolic OH excluding ortho intramolecular Hbond substituents is 1. The number of nitrogens with one attached hydrogen (secondary N) is 1. The number of phenols is 1. The first-order chi connectivity index (χ1) is 9.25. The van der Waals surface area contributed by atoms with Crippen LogP contribution in [0.1, 0.15) is 10.4 Å². The van der Waals surface area contributed by atoms with Crippen molar-refractivity contribution in [3.05, 3.63) is 52.2 Å². The summed E-state index contributed by atoms with van der Waals surface area (Å²) in [4.78, 5) is 5.07. The van der Waals surface area contributed by atoms with Crippen LogP contribution in [0.2, 0.25) is 0 Å². The highest BCUT2D eigenvalue weighted by molar-refractivity contribution is 7.80. The smallest absolute Gasteiger partial charge is 0.213 e. The molecule has 0 aliphatic rings. The lowest BCUT2D eigenvalue weighted by Gasteiger charge is -1.97. The lowest BCUT2D eigenvalue weighted by atomic mass is 10.2. The third-order valence-electron chi connectivity index (χ3n) is 2.15. The molecular formula is C13H11N3OS2. The molecule has 1 aromatic carbocycles. The third kappa shape index (κ3) is 4.27. The van der Waals surface area contributed by atoms with Gasteiger partial charge in [0, 0.05) is 16.7 Å². The number of rotatable bonds is 3. The molecule has 0 amide bonds. The van der Waals surface area contributed by atoms with E-state index >= 15 is 0 Å². The summed E-state index contributed by atoms with van der Waals surface area (Å²) in [6.07, 6.45) is 3.16. The zero-order valence-electron chi connectivity index (χ0n) is 9.85. The maximum atomic E-state index is 9.52. The summed E-state index contributed by atoms with van der Waals surface area (Å²) in [6, 6.07) is 10.8. The van der Waals surface area contributed by atoms with Gasteiger partial charge in [0.1, 0.15) is 5.75 Å². The minimum atomic E-state index is 0.168. The molecular weight excluding hydrogens is 278 g/mol. The van der Waals surface area contributed by atoms with Gasteiger partial charge < -0.3 is 5.11 Å². The molecule has 2 rings (SSSR count). The topological polar surface area (TPSA) is 57.0 Å². The Kier molecular flexibility index (Phi) is 4.77. The van der Waals surface area contributed by atoms with Gasteiger partial charge in [0.25, 0.3) is 0 Å². The van der Waals surface area contributed by atoms with Gasteiger partial charge >= 0.3 is 0 Å². The van der Waals surface area contributed by atoms with Gasteiger partial charge in [-0.15, -0.1) is 11.3 Å². The van der Waals surface area contributed by atoms with Gasteiger partial charge in [0.2, 0.25) is 5.11 Å². The number of thiophene rings is 1. The van der Waals surface area contributed by atoms with E-state index in [0.717, 1.165) is 4.88 Å². The van der Waals surface area contributed by atoms with Gasteiger partial charge in [-0.1, -0.05) is 18.2 Å². The van der Waals surface area contributed by atoms with Crippen molar-refractivity contribution in [1.29, 1.82) is 0 Å². The van der Waals surface area contributed by atoms with Crippen LogP contribution < -0.4 is 5.43 Å². The molecule has 0 aliphatic carbocycles. The van der Waals surface area contributed by atoms with E-state index < -0.39 is 0 Å².